The molecule has 0 bridgehead atoms. The first kappa shape index (κ1) is 14.4. The summed E-state index contributed by atoms with van der Waals surface area (Å²) in [5, 5.41) is 0. The highest BCUT2D eigenvalue weighted by Crippen LogP contribution is 2.39. The van der Waals surface area contributed by atoms with Crippen molar-refractivity contribution < 1.29 is 0 Å². The monoisotopic (exact) mass is 277 g/mol. The van der Waals surface area contributed by atoms with Crippen LogP contribution in [0.2, 0.25) is 0 Å². The van der Waals surface area contributed by atoms with Gasteiger partial charge in [-0.3, -0.25) is 0 Å². The summed E-state index contributed by atoms with van der Waals surface area (Å²) in [7, 11) is 0. The Balaban J connectivity index is 1.90. The molecule has 0 saturated heterocycles. The lowest BCUT2D eigenvalue weighted by molar-refractivity contribution is 0.647. The van der Waals surface area contributed by atoms with E-state index in [0.717, 1.165) is 12.8 Å². The van der Waals surface area contributed by atoms with Crippen molar-refractivity contribution in [2.75, 3.05) is 0 Å². The molecular weight excluding hydrogens is 252 g/mol. The Hall–Kier alpha value is -1.56. The molecule has 1 aliphatic carbocycles. The van der Waals surface area contributed by atoms with Gasteiger partial charge < -0.3 is 0 Å². The maximum atomic E-state index is 2.37. The second-order valence-corrected chi connectivity index (χ2v) is 7.18. The van der Waals surface area contributed by atoms with Crippen LogP contribution >= 0.6 is 0 Å². The summed E-state index contributed by atoms with van der Waals surface area (Å²) in [6, 6.07) is 13.9. The van der Waals surface area contributed by atoms with Crippen LogP contribution in [0.5, 0.6) is 0 Å². The van der Waals surface area contributed by atoms with Crippen molar-refractivity contribution in [3.63, 3.8) is 0 Å². The topological polar surface area (TPSA) is 0 Å². The van der Waals surface area contributed by atoms with E-state index in [0.29, 0.717) is 11.8 Å². The minimum atomic E-state index is 0.712. The average molecular weight is 277 g/mol. The first-order valence-corrected chi connectivity index (χ1v) is 8.14. The summed E-state index contributed by atoms with van der Waals surface area (Å²) in [6.07, 6.45) is 4.68. The zero-order valence-corrected chi connectivity index (χ0v) is 13.6. The molecule has 0 saturated carbocycles. The van der Waals surface area contributed by atoms with E-state index in [1.165, 1.54) is 33.4 Å². The first-order valence-electron chi connectivity index (χ1n) is 8.14. The lowest BCUT2D eigenvalue weighted by Gasteiger charge is -2.08. The predicted molar refractivity (Wildman–Crippen MR) is 91.5 cm³/mol. The van der Waals surface area contributed by atoms with Gasteiger partial charge in [-0.15, -0.1) is 0 Å². The Morgan fingerprint density at radius 3 is 1.48 bits per heavy atom. The van der Waals surface area contributed by atoms with Gasteiger partial charge in [-0.1, -0.05) is 64.1 Å². The molecule has 0 N–H and O–H groups in total. The van der Waals surface area contributed by atoms with Gasteiger partial charge in [0.15, 0.2) is 0 Å². The molecule has 2 aromatic carbocycles. The Kier molecular flexibility index (Phi) is 3.89. The van der Waals surface area contributed by atoms with Gasteiger partial charge in [0.05, 0.1) is 0 Å². The summed E-state index contributed by atoms with van der Waals surface area (Å²) in [5.74, 6) is 1.42. The smallest absolute Gasteiger partial charge is 0.0212 e. The van der Waals surface area contributed by atoms with Crippen molar-refractivity contribution in [2.24, 2.45) is 11.8 Å². The minimum Gasteiger partial charge on any atom is -0.0625 e. The van der Waals surface area contributed by atoms with E-state index < -0.39 is 0 Å². The average Bonchev–Trinajstić information content (AvgIpc) is 2.73. The van der Waals surface area contributed by atoms with Crippen LogP contribution in [0.15, 0.2) is 36.4 Å². The fraction of sp³-hybridized carbons (Fsp3) is 0.381. The highest BCUT2D eigenvalue weighted by atomic mass is 14.2. The summed E-state index contributed by atoms with van der Waals surface area (Å²) in [4.78, 5) is 0. The summed E-state index contributed by atoms with van der Waals surface area (Å²) >= 11 is 0. The van der Waals surface area contributed by atoms with Crippen molar-refractivity contribution in [3.8, 4) is 11.1 Å². The van der Waals surface area contributed by atoms with Gasteiger partial charge >= 0.3 is 0 Å². The molecule has 0 amide bonds. The number of hydrogen-bond donors (Lipinski definition) is 0. The Labute approximate surface area is 129 Å². The molecule has 21 heavy (non-hydrogen) atoms. The molecule has 0 fully saturated rings. The van der Waals surface area contributed by atoms with E-state index in [1.54, 1.807) is 0 Å². The fourth-order valence-corrected chi connectivity index (χ4v) is 3.32. The summed E-state index contributed by atoms with van der Waals surface area (Å²) in [5.41, 5.74) is 8.49. The number of rotatable bonds is 4. The van der Waals surface area contributed by atoms with E-state index >= 15 is 0 Å². The van der Waals surface area contributed by atoms with Crippen LogP contribution in [-0.4, -0.2) is 0 Å². The molecule has 0 atom stereocenters. The van der Waals surface area contributed by atoms with Gasteiger partial charge in [0.1, 0.15) is 0 Å². The number of hydrogen-bond acceptors (Lipinski definition) is 0. The third-order valence-corrected chi connectivity index (χ3v) is 4.12. The molecule has 0 heteroatoms. The van der Waals surface area contributed by atoms with Crippen LogP contribution in [0.4, 0.5) is 0 Å². The molecular formula is C21H25. The normalized spacial score (nSPS) is 12.9. The Morgan fingerprint density at radius 1 is 0.667 bits per heavy atom. The predicted octanol–water partition coefficient (Wildman–Crippen LogP) is 5.66. The number of benzene rings is 2. The molecule has 0 aromatic heterocycles. The van der Waals surface area contributed by atoms with Gasteiger partial charge in [0, 0.05) is 6.42 Å². The van der Waals surface area contributed by atoms with Crippen molar-refractivity contribution in [1.82, 2.24) is 0 Å². The van der Waals surface area contributed by atoms with E-state index in [-0.39, 0.29) is 0 Å². The van der Waals surface area contributed by atoms with Gasteiger partial charge in [-0.2, -0.15) is 0 Å². The quantitative estimate of drug-likeness (QED) is 0.577. The molecule has 0 nitrogen and oxygen atoms in total. The lowest BCUT2D eigenvalue weighted by Crippen LogP contribution is -1.94. The molecule has 3 rings (SSSR count). The van der Waals surface area contributed by atoms with Crippen molar-refractivity contribution >= 4 is 0 Å². The van der Waals surface area contributed by atoms with E-state index in [4.69, 9.17) is 0 Å². The van der Waals surface area contributed by atoms with Crippen LogP contribution < -0.4 is 0 Å². The van der Waals surface area contributed by atoms with E-state index in [9.17, 15) is 0 Å². The molecule has 0 heterocycles. The third-order valence-electron chi connectivity index (χ3n) is 4.12. The fourth-order valence-electron chi connectivity index (χ4n) is 3.32. The zero-order chi connectivity index (χ0) is 15.0. The first-order chi connectivity index (χ1) is 10.0. The molecule has 2 aromatic rings. The molecule has 0 spiro atoms. The van der Waals surface area contributed by atoms with Gasteiger partial charge in [0.2, 0.25) is 0 Å². The van der Waals surface area contributed by atoms with E-state index in [1.807, 2.05) is 0 Å². The summed E-state index contributed by atoms with van der Waals surface area (Å²) in [6.45, 7) is 9.13. The third kappa shape index (κ3) is 3.05. The van der Waals surface area contributed by atoms with E-state index in [2.05, 4.69) is 70.5 Å². The maximum absolute atomic E-state index is 2.37. The molecule has 1 aliphatic rings. The number of fused-ring (bicyclic) bond motifs is 3. The summed E-state index contributed by atoms with van der Waals surface area (Å²) < 4.78 is 0. The maximum Gasteiger partial charge on any atom is 0.0212 e. The van der Waals surface area contributed by atoms with Gasteiger partial charge in [0.25, 0.3) is 0 Å². The second kappa shape index (κ2) is 5.67. The molecule has 0 aliphatic heterocycles. The van der Waals surface area contributed by atoms with Crippen LogP contribution in [-0.2, 0) is 12.8 Å². The Bertz CT molecular complexity index is 590. The van der Waals surface area contributed by atoms with Crippen molar-refractivity contribution in [3.05, 3.63) is 65.1 Å². The van der Waals surface area contributed by atoms with Crippen LogP contribution in [0.25, 0.3) is 11.1 Å². The standard InChI is InChI=1S/C21H25/c1-14(2)9-16-5-7-20-18(11-16)13-19-12-17(10-15(3)4)6-8-21(19)20/h5-8,11-15H,9-10H2,1-4H3. The zero-order valence-electron chi connectivity index (χ0n) is 13.6. The van der Waals surface area contributed by atoms with Crippen LogP contribution in [0.1, 0.15) is 49.9 Å². The van der Waals surface area contributed by atoms with Crippen LogP contribution in [0, 0.1) is 18.3 Å². The van der Waals surface area contributed by atoms with Crippen molar-refractivity contribution in [2.45, 2.75) is 40.5 Å². The molecule has 109 valence electrons. The van der Waals surface area contributed by atoms with Gasteiger partial charge in [-0.25, -0.2) is 0 Å². The highest BCUT2D eigenvalue weighted by molar-refractivity contribution is 5.81. The minimum absolute atomic E-state index is 0.712. The van der Waals surface area contributed by atoms with Gasteiger partial charge in [-0.05, 0) is 58.1 Å². The highest BCUT2D eigenvalue weighted by Gasteiger charge is 2.19. The Morgan fingerprint density at radius 2 is 1.10 bits per heavy atom. The SMILES string of the molecule is CC(C)Cc1ccc2c(c1)[CH]c1cc(CC(C)C)ccc1-2. The lowest BCUT2D eigenvalue weighted by atomic mass is 9.97. The van der Waals surface area contributed by atoms with Crippen molar-refractivity contribution in [1.29, 1.82) is 0 Å². The molecule has 0 unspecified atom stereocenters. The largest absolute Gasteiger partial charge is 0.0625 e. The van der Waals surface area contributed by atoms with Crippen LogP contribution in [0.3, 0.4) is 0 Å². The molecule has 1 radical (unpaired) electrons. The second-order valence-electron chi connectivity index (χ2n) is 7.18.